The molecule has 80 valence electrons. The van der Waals surface area contributed by atoms with Gasteiger partial charge in [0, 0.05) is 12.6 Å². The van der Waals surface area contributed by atoms with Crippen LogP contribution in [0, 0.1) is 0 Å². The maximum atomic E-state index is 11.6. The first-order valence-electron chi connectivity index (χ1n) is 4.54. The van der Waals surface area contributed by atoms with Crippen LogP contribution in [0.1, 0.15) is 6.92 Å². The minimum absolute atomic E-state index is 0.0765. The molecular weight excluding hydrogens is 278 g/mol. The summed E-state index contributed by atoms with van der Waals surface area (Å²) in [5.74, 6) is 0.752. The van der Waals surface area contributed by atoms with E-state index < -0.39 is 0 Å². The van der Waals surface area contributed by atoms with Gasteiger partial charge in [-0.15, -0.1) is 0 Å². The molecule has 0 unspecified atom stereocenters. The number of fused-ring (bicyclic) bond motifs is 1. The van der Waals surface area contributed by atoms with E-state index >= 15 is 0 Å². The predicted molar refractivity (Wildman–Crippen MR) is 66.0 cm³/mol. The molecule has 0 bridgehead atoms. The van der Waals surface area contributed by atoms with Gasteiger partial charge in [0.1, 0.15) is 5.75 Å². The summed E-state index contributed by atoms with van der Waals surface area (Å²) in [5.41, 5.74) is 0.938. The van der Waals surface area contributed by atoms with Gasteiger partial charge >= 0.3 is 4.87 Å². The summed E-state index contributed by atoms with van der Waals surface area (Å²) in [7, 11) is 1.62. The van der Waals surface area contributed by atoms with Gasteiger partial charge in [-0.1, -0.05) is 11.3 Å². The summed E-state index contributed by atoms with van der Waals surface area (Å²) in [6, 6.07) is 3.81. The fourth-order valence-corrected chi connectivity index (χ4v) is 3.15. The van der Waals surface area contributed by atoms with E-state index in [0.29, 0.717) is 6.54 Å². The molecule has 0 aliphatic carbocycles. The van der Waals surface area contributed by atoms with Crippen molar-refractivity contribution in [3.8, 4) is 5.75 Å². The van der Waals surface area contributed by atoms with Gasteiger partial charge in [0.15, 0.2) is 0 Å². The van der Waals surface area contributed by atoms with Gasteiger partial charge < -0.3 is 4.74 Å². The van der Waals surface area contributed by atoms with Crippen LogP contribution in [0.5, 0.6) is 5.75 Å². The van der Waals surface area contributed by atoms with Crippen molar-refractivity contribution in [1.29, 1.82) is 0 Å². The van der Waals surface area contributed by atoms with Crippen LogP contribution in [0.25, 0.3) is 10.2 Å². The number of thiazole rings is 1. The van der Waals surface area contributed by atoms with Gasteiger partial charge in [0.25, 0.3) is 0 Å². The highest BCUT2D eigenvalue weighted by atomic mass is 79.9. The summed E-state index contributed by atoms with van der Waals surface area (Å²) < 4.78 is 8.81. The highest BCUT2D eigenvalue weighted by Gasteiger charge is 2.09. The summed E-state index contributed by atoms with van der Waals surface area (Å²) in [6.45, 7) is 2.64. The lowest BCUT2D eigenvalue weighted by Crippen LogP contribution is -2.10. The molecule has 0 atom stereocenters. The Hall–Kier alpha value is -0.810. The van der Waals surface area contributed by atoms with Gasteiger partial charge in [0.2, 0.25) is 0 Å². The number of methoxy groups -OCH3 is 1. The number of aromatic nitrogens is 1. The number of aryl methyl sites for hydroxylation is 1. The van der Waals surface area contributed by atoms with Gasteiger partial charge in [-0.05, 0) is 28.9 Å². The van der Waals surface area contributed by atoms with E-state index in [9.17, 15) is 4.79 Å². The third-order valence-electron chi connectivity index (χ3n) is 2.26. The Morgan fingerprint density at radius 3 is 2.87 bits per heavy atom. The van der Waals surface area contributed by atoms with Crippen LogP contribution in [0.15, 0.2) is 21.4 Å². The molecule has 0 spiro atoms. The van der Waals surface area contributed by atoms with Crippen molar-refractivity contribution in [3.05, 3.63) is 26.3 Å². The number of halogens is 1. The van der Waals surface area contributed by atoms with Crippen LogP contribution in [0.2, 0.25) is 0 Å². The Morgan fingerprint density at radius 1 is 1.53 bits per heavy atom. The summed E-state index contributed by atoms with van der Waals surface area (Å²) in [6.07, 6.45) is 0. The zero-order valence-electron chi connectivity index (χ0n) is 8.41. The topological polar surface area (TPSA) is 31.2 Å². The number of ether oxygens (including phenoxy) is 1. The number of hydrogen-bond acceptors (Lipinski definition) is 3. The predicted octanol–water partition coefficient (Wildman–Crippen LogP) is 2.85. The Kier molecular flexibility index (Phi) is 2.84. The van der Waals surface area contributed by atoms with Crippen LogP contribution < -0.4 is 9.61 Å². The molecular formula is C10H10BrNO2S. The first kappa shape index (κ1) is 10.7. The molecule has 0 radical (unpaired) electrons. The quantitative estimate of drug-likeness (QED) is 0.851. The fraction of sp³-hybridized carbons (Fsp3) is 0.300. The average Bonchev–Trinajstić information content (AvgIpc) is 2.51. The maximum absolute atomic E-state index is 11.6. The Morgan fingerprint density at radius 2 is 2.27 bits per heavy atom. The minimum Gasteiger partial charge on any atom is -0.495 e. The van der Waals surface area contributed by atoms with Crippen molar-refractivity contribution >= 4 is 37.5 Å². The van der Waals surface area contributed by atoms with Gasteiger partial charge in [-0.3, -0.25) is 9.36 Å². The lowest BCUT2D eigenvalue weighted by atomic mass is 10.3. The molecule has 1 aromatic heterocycles. The second-order valence-corrected chi connectivity index (χ2v) is 4.91. The van der Waals surface area contributed by atoms with Crippen LogP contribution in [0.4, 0.5) is 0 Å². The monoisotopic (exact) mass is 287 g/mol. The van der Waals surface area contributed by atoms with Crippen molar-refractivity contribution in [1.82, 2.24) is 4.57 Å². The molecule has 0 aliphatic heterocycles. The van der Waals surface area contributed by atoms with E-state index in [1.54, 1.807) is 11.7 Å². The molecule has 0 N–H and O–H groups in total. The molecule has 5 heteroatoms. The maximum Gasteiger partial charge on any atom is 0.308 e. The Labute approximate surface area is 99.4 Å². The van der Waals surface area contributed by atoms with Gasteiger partial charge in [-0.2, -0.15) is 0 Å². The number of benzene rings is 1. The van der Waals surface area contributed by atoms with E-state index in [-0.39, 0.29) is 4.87 Å². The van der Waals surface area contributed by atoms with Crippen LogP contribution >= 0.6 is 27.3 Å². The molecule has 1 aromatic carbocycles. The fourth-order valence-electron chi connectivity index (χ4n) is 1.52. The first-order chi connectivity index (χ1) is 7.17. The van der Waals surface area contributed by atoms with Crippen molar-refractivity contribution < 1.29 is 4.74 Å². The molecule has 3 nitrogen and oxygen atoms in total. The minimum atomic E-state index is 0.0765. The number of nitrogens with zero attached hydrogens (tertiary/aromatic N) is 1. The summed E-state index contributed by atoms with van der Waals surface area (Å²) in [4.78, 5) is 11.7. The zero-order valence-corrected chi connectivity index (χ0v) is 10.8. The highest BCUT2D eigenvalue weighted by molar-refractivity contribution is 9.10. The molecule has 0 amide bonds. The third-order valence-corrected chi connectivity index (χ3v) is 3.82. The van der Waals surface area contributed by atoms with Crippen molar-refractivity contribution in [3.63, 3.8) is 0 Å². The van der Waals surface area contributed by atoms with Crippen molar-refractivity contribution in [2.24, 2.45) is 0 Å². The van der Waals surface area contributed by atoms with Crippen LogP contribution in [0.3, 0.4) is 0 Å². The van der Waals surface area contributed by atoms with Crippen LogP contribution in [-0.2, 0) is 6.54 Å². The molecule has 15 heavy (non-hydrogen) atoms. The molecule has 0 saturated carbocycles. The number of hydrogen-bond donors (Lipinski definition) is 0. The SMILES string of the molecule is CCn1c(=O)sc2cc(Br)c(OC)cc21. The first-order valence-corrected chi connectivity index (χ1v) is 6.15. The van der Waals surface area contributed by atoms with E-state index in [2.05, 4.69) is 15.9 Å². The second kappa shape index (κ2) is 3.98. The molecule has 0 fully saturated rings. The lowest BCUT2D eigenvalue weighted by molar-refractivity contribution is 0.412. The summed E-state index contributed by atoms with van der Waals surface area (Å²) in [5, 5.41) is 0. The van der Waals surface area contributed by atoms with Gasteiger partial charge in [0.05, 0.1) is 21.8 Å². The largest absolute Gasteiger partial charge is 0.495 e. The second-order valence-electron chi connectivity index (χ2n) is 3.07. The van der Waals surface area contributed by atoms with E-state index in [1.807, 2.05) is 19.1 Å². The molecule has 1 heterocycles. The van der Waals surface area contributed by atoms with Crippen LogP contribution in [-0.4, -0.2) is 11.7 Å². The van der Waals surface area contributed by atoms with E-state index in [0.717, 1.165) is 20.4 Å². The summed E-state index contributed by atoms with van der Waals surface area (Å²) >= 11 is 4.66. The Balaban J connectivity index is 2.82. The normalized spacial score (nSPS) is 10.9. The lowest BCUT2D eigenvalue weighted by Gasteiger charge is -2.04. The molecule has 0 saturated heterocycles. The molecule has 0 aliphatic rings. The highest BCUT2D eigenvalue weighted by Crippen LogP contribution is 2.31. The smallest absolute Gasteiger partial charge is 0.308 e. The zero-order chi connectivity index (χ0) is 11.0. The molecule has 2 rings (SSSR count). The van der Waals surface area contributed by atoms with E-state index in [1.165, 1.54) is 11.3 Å². The van der Waals surface area contributed by atoms with Crippen molar-refractivity contribution in [2.75, 3.05) is 7.11 Å². The standard InChI is InChI=1S/C10H10BrNO2S/c1-3-12-7-5-8(14-2)6(11)4-9(7)15-10(12)13/h4-5H,3H2,1-2H3. The van der Waals surface area contributed by atoms with E-state index in [4.69, 9.17) is 4.74 Å². The Bertz CT molecular complexity index is 558. The number of rotatable bonds is 2. The third kappa shape index (κ3) is 1.70. The van der Waals surface area contributed by atoms with Gasteiger partial charge in [-0.25, -0.2) is 0 Å². The molecule has 2 aromatic rings. The van der Waals surface area contributed by atoms with Crippen molar-refractivity contribution in [2.45, 2.75) is 13.5 Å². The average molecular weight is 288 g/mol.